The van der Waals surface area contributed by atoms with Crippen molar-refractivity contribution in [2.75, 3.05) is 32.1 Å². The molecule has 1 aliphatic rings. The van der Waals surface area contributed by atoms with Crippen molar-refractivity contribution >= 4 is 11.6 Å². The molecule has 0 radical (unpaired) electrons. The number of carbonyl (C=O) groups excluding carboxylic acids is 1. The largest absolute Gasteiger partial charge is 0.378 e. The van der Waals surface area contributed by atoms with E-state index >= 15 is 0 Å². The van der Waals surface area contributed by atoms with Crippen LogP contribution >= 0.6 is 0 Å². The van der Waals surface area contributed by atoms with E-state index in [0.717, 1.165) is 29.1 Å². The van der Waals surface area contributed by atoms with E-state index in [1.54, 1.807) is 12.3 Å². The highest BCUT2D eigenvalue weighted by atomic mass is 16.5. The van der Waals surface area contributed by atoms with Crippen molar-refractivity contribution in [3.8, 4) is 0 Å². The third-order valence-electron chi connectivity index (χ3n) is 5.08. The average Bonchev–Trinajstić information content (AvgIpc) is 3.16. The van der Waals surface area contributed by atoms with Gasteiger partial charge in [-0.1, -0.05) is 0 Å². The summed E-state index contributed by atoms with van der Waals surface area (Å²) >= 11 is 0. The first-order chi connectivity index (χ1) is 12.4. The van der Waals surface area contributed by atoms with E-state index in [2.05, 4.69) is 22.3 Å². The Labute approximate surface area is 154 Å². The van der Waals surface area contributed by atoms with Crippen LogP contribution in [-0.2, 0) is 11.8 Å². The maximum atomic E-state index is 12.5. The van der Waals surface area contributed by atoms with Gasteiger partial charge < -0.3 is 15.0 Å². The number of pyridine rings is 1. The molecule has 2 atom stereocenters. The molecule has 0 saturated carbocycles. The first kappa shape index (κ1) is 18.4. The SMILES string of the molecule is Cc1nn(C)c(C)c1[C@H]1OCC[C@@H]1CNC(=O)c1cc(N(C)C)ccn1. The van der Waals surface area contributed by atoms with E-state index in [-0.39, 0.29) is 17.9 Å². The Morgan fingerprint density at radius 3 is 2.85 bits per heavy atom. The fourth-order valence-electron chi connectivity index (χ4n) is 3.50. The van der Waals surface area contributed by atoms with Gasteiger partial charge in [-0.3, -0.25) is 14.5 Å². The van der Waals surface area contributed by atoms with Gasteiger partial charge in [0.2, 0.25) is 0 Å². The van der Waals surface area contributed by atoms with Crippen LogP contribution in [-0.4, -0.2) is 47.9 Å². The molecule has 1 aliphatic heterocycles. The maximum absolute atomic E-state index is 12.5. The zero-order chi connectivity index (χ0) is 18.8. The van der Waals surface area contributed by atoms with Crippen LogP contribution in [0.15, 0.2) is 18.3 Å². The minimum absolute atomic E-state index is 0.0231. The second-order valence-corrected chi connectivity index (χ2v) is 7.05. The number of anilines is 1. The molecule has 2 aromatic rings. The summed E-state index contributed by atoms with van der Waals surface area (Å²) in [6.07, 6.45) is 2.56. The van der Waals surface area contributed by atoms with Crippen molar-refractivity contribution in [1.82, 2.24) is 20.1 Å². The Bertz CT molecular complexity index is 799. The summed E-state index contributed by atoms with van der Waals surface area (Å²) in [6.45, 7) is 5.33. The monoisotopic (exact) mass is 357 g/mol. The van der Waals surface area contributed by atoms with Crippen LogP contribution in [0.3, 0.4) is 0 Å². The van der Waals surface area contributed by atoms with Gasteiger partial charge in [0.05, 0.1) is 11.8 Å². The van der Waals surface area contributed by atoms with Gasteiger partial charge in [-0.15, -0.1) is 0 Å². The van der Waals surface area contributed by atoms with E-state index in [1.165, 1.54) is 0 Å². The lowest BCUT2D eigenvalue weighted by Crippen LogP contribution is -2.31. The third-order valence-corrected chi connectivity index (χ3v) is 5.08. The fraction of sp³-hybridized carbons (Fsp3) is 0.526. The fourth-order valence-corrected chi connectivity index (χ4v) is 3.50. The summed E-state index contributed by atoms with van der Waals surface area (Å²) in [5.74, 6) is 0.0801. The predicted octanol–water partition coefficient (Wildman–Crippen LogP) is 2.01. The van der Waals surface area contributed by atoms with Crippen LogP contribution in [0.5, 0.6) is 0 Å². The number of hydrogen-bond acceptors (Lipinski definition) is 5. The lowest BCUT2D eigenvalue weighted by Gasteiger charge is -2.20. The molecule has 0 bridgehead atoms. The minimum Gasteiger partial charge on any atom is -0.378 e. The lowest BCUT2D eigenvalue weighted by molar-refractivity contribution is 0.0838. The molecule has 1 saturated heterocycles. The number of ether oxygens (including phenoxy) is 1. The molecule has 1 amide bonds. The molecule has 3 rings (SSSR count). The number of nitrogens with one attached hydrogen (secondary N) is 1. The quantitative estimate of drug-likeness (QED) is 0.886. The van der Waals surface area contributed by atoms with E-state index in [9.17, 15) is 4.79 Å². The molecule has 0 unspecified atom stereocenters. The molecule has 2 aromatic heterocycles. The van der Waals surface area contributed by atoms with Crippen LogP contribution in [0.4, 0.5) is 5.69 Å². The summed E-state index contributed by atoms with van der Waals surface area (Å²) in [6, 6.07) is 3.68. The number of nitrogens with zero attached hydrogens (tertiary/aromatic N) is 4. The molecule has 0 aromatic carbocycles. The van der Waals surface area contributed by atoms with E-state index in [0.29, 0.717) is 18.8 Å². The highest BCUT2D eigenvalue weighted by Gasteiger charge is 2.33. The van der Waals surface area contributed by atoms with Crippen LogP contribution < -0.4 is 10.2 Å². The Morgan fingerprint density at radius 2 is 2.19 bits per heavy atom. The number of aryl methyl sites for hydroxylation is 2. The first-order valence-corrected chi connectivity index (χ1v) is 8.91. The van der Waals surface area contributed by atoms with Crippen molar-refractivity contribution in [2.24, 2.45) is 13.0 Å². The topological polar surface area (TPSA) is 72.3 Å². The molecule has 26 heavy (non-hydrogen) atoms. The molecule has 3 heterocycles. The number of amides is 1. The molecule has 7 nitrogen and oxygen atoms in total. The van der Waals surface area contributed by atoms with Crippen molar-refractivity contribution < 1.29 is 9.53 Å². The van der Waals surface area contributed by atoms with Crippen LogP contribution in [0.2, 0.25) is 0 Å². The molecular formula is C19H27N5O2. The van der Waals surface area contributed by atoms with Gasteiger partial charge in [0.25, 0.3) is 5.91 Å². The maximum Gasteiger partial charge on any atom is 0.269 e. The zero-order valence-corrected chi connectivity index (χ0v) is 16.1. The van der Waals surface area contributed by atoms with Crippen molar-refractivity contribution in [3.05, 3.63) is 41.0 Å². The first-order valence-electron chi connectivity index (χ1n) is 8.91. The normalized spacial score (nSPS) is 19.6. The second kappa shape index (κ2) is 7.45. The average molecular weight is 357 g/mol. The summed E-state index contributed by atoms with van der Waals surface area (Å²) in [4.78, 5) is 18.7. The predicted molar refractivity (Wildman–Crippen MR) is 100 cm³/mol. The summed E-state index contributed by atoms with van der Waals surface area (Å²) in [5.41, 5.74) is 4.64. The van der Waals surface area contributed by atoms with Crippen molar-refractivity contribution in [2.45, 2.75) is 26.4 Å². The zero-order valence-electron chi connectivity index (χ0n) is 16.1. The molecule has 0 aliphatic carbocycles. The number of aromatic nitrogens is 3. The number of rotatable bonds is 5. The molecule has 1 N–H and O–H groups in total. The van der Waals surface area contributed by atoms with Gasteiger partial charge in [0, 0.05) is 63.4 Å². The van der Waals surface area contributed by atoms with Crippen LogP contribution in [0.25, 0.3) is 0 Å². The minimum atomic E-state index is -0.154. The summed E-state index contributed by atoms with van der Waals surface area (Å²) in [5, 5.41) is 7.52. The van der Waals surface area contributed by atoms with Gasteiger partial charge in [-0.05, 0) is 32.4 Å². The number of carbonyl (C=O) groups is 1. The molecule has 0 spiro atoms. The molecular weight excluding hydrogens is 330 g/mol. The van der Waals surface area contributed by atoms with Gasteiger partial charge in [-0.2, -0.15) is 5.10 Å². The van der Waals surface area contributed by atoms with Crippen LogP contribution in [0.1, 0.15) is 40.0 Å². The lowest BCUT2D eigenvalue weighted by atomic mass is 9.94. The summed E-state index contributed by atoms with van der Waals surface area (Å²) < 4.78 is 7.88. The second-order valence-electron chi connectivity index (χ2n) is 7.05. The number of hydrogen-bond donors (Lipinski definition) is 1. The summed E-state index contributed by atoms with van der Waals surface area (Å²) in [7, 11) is 5.83. The Kier molecular flexibility index (Phi) is 5.27. The Hall–Kier alpha value is -2.41. The molecule has 140 valence electrons. The Balaban J connectivity index is 1.69. The third kappa shape index (κ3) is 3.58. The van der Waals surface area contributed by atoms with Crippen molar-refractivity contribution in [3.63, 3.8) is 0 Å². The highest BCUT2D eigenvalue weighted by molar-refractivity contribution is 5.93. The van der Waals surface area contributed by atoms with Gasteiger partial charge in [-0.25, -0.2) is 0 Å². The van der Waals surface area contributed by atoms with E-state index in [1.807, 2.05) is 43.7 Å². The molecule has 1 fully saturated rings. The highest BCUT2D eigenvalue weighted by Crippen LogP contribution is 2.37. The van der Waals surface area contributed by atoms with Gasteiger partial charge in [0.1, 0.15) is 5.69 Å². The van der Waals surface area contributed by atoms with E-state index < -0.39 is 0 Å². The van der Waals surface area contributed by atoms with Gasteiger partial charge in [0.15, 0.2) is 0 Å². The van der Waals surface area contributed by atoms with Gasteiger partial charge >= 0.3 is 0 Å². The van der Waals surface area contributed by atoms with E-state index in [4.69, 9.17) is 4.74 Å². The Morgan fingerprint density at radius 1 is 1.42 bits per heavy atom. The molecule has 7 heteroatoms. The smallest absolute Gasteiger partial charge is 0.269 e. The standard InChI is InChI=1S/C19H27N5O2/c1-12-17(13(2)24(5)22-12)18-14(7-9-26-18)11-21-19(25)16-10-15(23(3)4)6-8-20-16/h6,8,10,14,18H,7,9,11H2,1-5H3,(H,21,25)/t14-,18+/m1/s1. The van der Waals surface area contributed by atoms with Crippen LogP contribution in [0, 0.1) is 19.8 Å². The van der Waals surface area contributed by atoms with Crippen molar-refractivity contribution in [1.29, 1.82) is 0 Å².